The van der Waals surface area contributed by atoms with Gasteiger partial charge in [0.1, 0.15) is 16.8 Å². The molecule has 168 valence electrons. The van der Waals surface area contributed by atoms with Gasteiger partial charge < -0.3 is 15.5 Å². The monoisotopic (exact) mass is 453 g/mol. The summed E-state index contributed by atoms with van der Waals surface area (Å²) < 4.78 is 0. The van der Waals surface area contributed by atoms with Gasteiger partial charge in [-0.05, 0) is 31.7 Å². The summed E-state index contributed by atoms with van der Waals surface area (Å²) in [7, 11) is 1.66. The van der Waals surface area contributed by atoms with Gasteiger partial charge in [-0.1, -0.05) is 31.0 Å². The lowest BCUT2D eigenvalue weighted by Crippen LogP contribution is -2.52. The van der Waals surface area contributed by atoms with Crippen molar-refractivity contribution < 1.29 is 14.4 Å². The fourth-order valence-electron chi connectivity index (χ4n) is 4.23. The van der Waals surface area contributed by atoms with Gasteiger partial charge in [-0.2, -0.15) is 0 Å². The molecule has 9 heteroatoms. The summed E-state index contributed by atoms with van der Waals surface area (Å²) in [5.74, 6) is -0.555. The highest BCUT2D eigenvalue weighted by molar-refractivity contribution is 7.12. The standard InChI is InChI=1S/C23H27N5O3S/c1-14(25-18(29)13-15-7-3-4-8-15)21(30)27-20-23(31)28(2)17-10-6-5-9-16(17)19(26-20)22-24-11-12-32-22/h5-6,9-12,14-15,20H,3-4,7-8,13H2,1-2H3,(H,25,29)(H,27,30)/t14-,20?/m0/s1. The first-order valence-corrected chi connectivity index (χ1v) is 11.8. The number of thiazole rings is 1. The molecule has 1 aliphatic carbocycles. The molecule has 0 bridgehead atoms. The zero-order valence-electron chi connectivity index (χ0n) is 18.2. The Hall–Kier alpha value is -3.07. The SMILES string of the molecule is C[C@H](NC(=O)CC1CCCC1)C(=O)NC1N=C(c2nccs2)c2ccccc2N(C)C1=O. The van der Waals surface area contributed by atoms with Crippen LogP contribution in [-0.2, 0) is 14.4 Å². The molecule has 4 rings (SSSR count). The van der Waals surface area contributed by atoms with Crippen LogP contribution in [0.4, 0.5) is 5.69 Å². The summed E-state index contributed by atoms with van der Waals surface area (Å²) in [5.41, 5.74) is 2.02. The van der Waals surface area contributed by atoms with Crippen LogP contribution >= 0.6 is 11.3 Å². The number of nitrogens with one attached hydrogen (secondary N) is 2. The minimum atomic E-state index is -1.12. The molecule has 3 amide bonds. The van der Waals surface area contributed by atoms with Crippen molar-refractivity contribution in [1.29, 1.82) is 0 Å². The van der Waals surface area contributed by atoms with Gasteiger partial charge in [-0.15, -0.1) is 11.3 Å². The summed E-state index contributed by atoms with van der Waals surface area (Å²) in [6.45, 7) is 1.62. The Kier molecular flexibility index (Phi) is 6.64. The van der Waals surface area contributed by atoms with Crippen molar-refractivity contribution in [1.82, 2.24) is 15.6 Å². The summed E-state index contributed by atoms with van der Waals surface area (Å²) in [6.07, 6.45) is 5.44. The maximum atomic E-state index is 13.1. The van der Waals surface area contributed by atoms with Crippen molar-refractivity contribution >= 4 is 40.5 Å². The lowest BCUT2D eigenvalue weighted by Gasteiger charge is -2.22. The lowest BCUT2D eigenvalue weighted by atomic mass is 10.0. The third-order valence-electron chi connectivity index (χ3n) is 5.98. The molecule has 0 saturated heterocycles. The smallest absolute Gasteiger partial charge is 0.272 e. The first kappa shape index (κ1) is 22.1. The molecule has 1 aromatic carbocycles. The highest BCUT2D eigenvalue weighted by Gasteiger charge is 2.32. The second-order valence-electron chi connectivity index (χ2n) is 8.28. The Labute approximate surface area is 191 Å². The van der Waals surface area contributed by atoms with Crippen molar-refractivity contribution in [2.24, 2.45) is 10.9 Å². The predicted octanol–water partition coefficient (Wildman–Crippen LogP) is 2.48. The minimum absolute atomic E-state index is 0.136. The normalized spacial score (nSPS) is 19.7. The molecular weight excluding hydrogens is 426 g/mol. The number of benzene rings is 1. The topological polar surface area (TPSA) is 104 Å². The number of carbonyl (C=O) groups is 3. The van der Waals surface area contributed by atoms with E-state index in [0.717, 1.165) is 31.2 Å². The van der Waals surface area contributed by atoms with E-state index >= 15 is 0 Å². The van der Waals surface area contributed by atoms with Crippen LogP contribution in [0.2, 0.25) is 0 Å². The molecule has 2 aromatic rings. The third kappa shape index (κ3) is 4.72. The minimum Gasteiger partial charge on any atom is -0.345 e. The van der Waals surface area contributed by atoms with E-state index in [-0.39, 0.29) is 11.8 Å². The van der Waals surface area contributed by atoms with E-state index in [4.69, 9.17) is 0 Å². The Bertz CT molecular complexity index is 1030. The fraction of sp³-hybridized carbons (Fsp3) is 0.435. The van der Waals surface area contributed by atoms with Gasteiger partial charge in [0.15, 0.2) is 0 Å². The average Bonchev–Trinajstić information content (AvgIpc) is 3.48. The van der Waals surface area contributed by atoms with Crippen LogP contribution in [0.5, 0.6) is 0 Å². The molecule has 2 aliphatic rings. The van der Waals surface area contributed by atoms with E-state index in [1.54, 1.807) is 20.2 Å². The lowest BCUT2D eigenvalue weighted by molar-refractivity contribution is -0.131. The van der Waals surface area contributed by atoms with Crippen LogP contribution in [0, 0.1) is 5.92 Å². The van der Waals surface area contributed by atoms with Crippen molar-refractivity contribution in [3.8, 4) is 0 Å². The number of fused-ring (bicyclic) bond motifs is 1. The predicted molar refractivity (Wildman–Crippen MR) is 124 cm³/mol. The quantitative estimate of drug-likeness (QED) is 0.701. The number of carbonyl (C=O) groups excluding carboxylic acids is 3. The number of benzodiazepines with no additional fused rings is 1. The molecule has 32 heavy (non-hydrogen) atoms. The van der Waals surface area contributed by atoms with Crippen molar-refractivity contribution in [3.63, 3.8) is 0 Å². The zero-order valence-corrected chi connectivity index (χ0v) is 19.0. The molecule has 2 heterocycles. The second-order valence-corrected chi connectivity index (χ2v) is 9.18. The molecule has 0 radical (unpaired) electrons. The highest BCUT2D eigenvalue weighted by atomic mass is 32.1. The van der Waals surface area contributed by atoms with Crippen molar-refractivity contribution in [2.45, 2.75) is 51.2 Å². The van der Waals surface area contributed by atoms with E-state index in [0.29, 0.717) is 28.7 Å². The van der Waals surface area contributed by atoms with Gasteiger partial charge in [0.05, 0.1) is 5.69 Å². The number of anilines is 1. The number of rotatable bonds is 6. The number of aromatic nitrogens is 1. The molecule has 2 N–H and O–H groups in total. The molecule has 2 atom stereocenters. The highest BCUT2D eigenvalue weighted by Crippen LogP contribution is 2.28. The summed E-state index contributed by atoms with van der Waals surface area (Å²) in [6, 6.07) is 6.68. The number of nitrogens with zero attached hydrogens (tertiary/aromatic N) is 3. The summed E-state index contributed by atoms with van der Waals surface area (Å²) in [5, 5.41) is 7.97. The maximum absolute atomic E-state index is 13.1. The molecule has 1 saturated carbocycles. The molecule has 1 aliphatic heterocycles. The van der Waals surface area contributed by atoms with E-state index in [1.807, 2.05) is 29.6 Å². The van der Waals surface area contributed by atoms with Gasteiger partial charge in [-0.3, -0.25) is 14.4 Å². The van der Waals surface area contributed by atoms with Gasteiger partial charge in [0.25, 0.3) is 5.91 Å². The third-order valence-corrected chi connectivity index (χ3v) is 6.76. The van der Waals surface area contributed by atoms with Gasteiger partial charge in [-0.25, -0.2) is 9.98 Å². The number of hydrogen-bond acceptors (Lipinski definition) is 6. The van der Waals surface area contributed by atoms with Crippen molar-refractivity contribution in [3.05, 3.63) is 46.4 Å². The van der Waals surface area contributed by atoms with E-state index in [9.17, 15) is 14.4 Å². The number of hydrogen-bond donors (Lipinski definition) is 2. The van der Waals surface area contributed by atoms with Crippen LogP contribution < -0.4 is 15.5 Å². The van der Waals surface area contributed by atoms with E-state index in [2.05, 4.69) is 20.6 Å². The Morgan fingerprint density at radius 3 is 2.72 bits per heavy atom. The Morgan fingerprint density at radius 1 is 1.25 bits per heavy atom. The van der Waals surface area contributed by atoms with Gasteiger partial charge >= 0.3 is 0 Å². The van der Waals surface area contributed by atoms with Crippen LogP contribution in [0.3, 0.4) is 0 Å². The second kappa shape index (κ2) is 9.60. The molecule has 1 fully saturated rings. The van der Waals surface area contributed by atoms with Gasteiger partial charge in [0.2, 0.25) is 18.0 Å². The van der Waals surface area contributed by atoms with Crippen LogP contribution in [0.1, 0.15) is 49.6 Å². The molecule has 1 aromatic heterocycles. The number of para-hydroxylation sites is 1. The largest absolute Gasteiger partial charge is 0.345 e. The summed E-state index contributed by atoms with van der Waals surface area (Å²) >= 11 is 1.41. The molecule has 1 unspecified atom stereocenters. The molecular formula is C23H27N5O3S. The van der Waals surface area contributed by atoms with Crippen LogP contribution in [0.15, 0.2) is 40.8 Å². The van der Waals surface area contributed by atoms with Crippen molar-refractivity contribution in [2.75, 3.05) is 11.9 Å². The van der Waals surface area contributed by atoms with Crippen LogP contribution in [0.25, 0.3) is 0 Å². The number of likely N-dealkylation sites (N-methyl/N-ethyl adjacent to an activating group) is 1. The van der Waals surface area contributed by atoms with Gasteiger partial charge in [0, 0.05) is 30.6 Å². The molecule has 8 nitrogen and oxygen atoms in total. The zero-order chi connectivity index (χ0) is 22.7. The Morgan fingerprint density at radius 2 is 2.00 bits per heavy atom. The number of aliphatic imine (C=N–C) groups is 1. The van der Waals surface area contributed by atoms with Crippen LogP contribution in [-0.4, -0.2) is 47.7 Å². The Balaban J connectivity index is 1.52. The average molecular weight is 454 g/mol. The van der Waals surface area contributed by atoms with E-state index < -0.39 is 18.1 Å². The fourth-order valence-corrected chi connectivity index (χ4v) is 4.88. The first-order chi connectivity index (χ1) is 15.4. The summed E-state index contributed by atoms with van der Waals surface area (Å²) in [4.78, 5) is 48.8. The van der Waals surface area contributed by atoms with E-state index in [1.165, 1.54) is 16.2 Å². The number of amides is 3. The molecule has 0 spiro atoms. The maximum Gasteiger partial charge on any atom is 0.272 e. The first-order valence-electron chi connectivity index (χ1n) is 10.9.